The normalized spacial score (nSPS) is 11.1. The molecule has 0 aliphatic rings. The summed E-state index contributed by atoms with van der Waals surface area (Å²) in [5, 5.41) is 2.08. The van der Waals surface area contributed by atoms with Gasteiger partial charge in [0.15, 0.2) is 0 Å². The lowest BCUT2D eigenvalue weighted by atomic mass is 10.1. The Morgan fingerprint density at radius 1 is 1.18 bits per heavy atom. The molecule has 0 saturated carbocycles. The summed E-state index contributed by atoms with van der Waals surface area (Å²) < 4.78 is 7.58. The molecule has 0 fully saturated rings. The van der Waals surface area contributed by atoms with Crippen molar-refractivity contribution in [2.24, 2.45) is 0 Å². The molecule has 5 heteroatoms. The average molecular weight is 373 g/mol. The maximum Gasteiger partial charge on any atom is 0.253 e. The van der Waals surface area contributed by atoms with Crippen LogP contribution in [0, 0.1) is 0 Å². The summed E-state index contributed by atoms with van der Waals surface area (Å²) >= 11 is 0. The number of pyridine rings is 1. The van der Waals surface area contributed by atoms with Crippen LogP contribution >= 0.6 is 0 Å². The summed E-state index contributed by atoms with van der Waals surface area (Å²) in [5.41, 5.74) is 3.69. The number of aromatic nitrogens is 2. The van der Waals surface area contributed by atoms with E-state index < -0.39 is 0 Å². The Morgan fingerprint density at radius 3 is 2.82 bits per heavy atom. The third-order valence-electron chi connectivity index (χ3n) is 5.16. The Labute approximate surface area is 164 Å². The fourth-order valence-corrected chi connectivity index (χ4v) is 3.66. The van der Waals surface area contributed by atoms with E-state index in [2.05, 4.69) is 28.7 Å². The smallest absolute Gasteiger partial charge is 0.253 e. The SMILES string of the molecule is CCn1ccc2cc(C(=O)N(C)Cc3ccc(OC)c4ncccc34)ccc21. The summed E-state index contributed by atoms with van der Waals surface area (Å²) in [6.07, 6.45) is 3.81. The third kappa shape index (κ3) is 3.09. The number of hydrogen-bond acceptors (Lipinski definition) is 3. The van der Waals surface area contributed by atoms with E-state index in [9.17, 15) is 4.79 Å². The van der Waals surface area contributed by atoms with Crippen molar-refractivity contribution in [3.63, 3.8) is 0 Å². The van der Waals surface area contributed by atoms with Crippen LogP contribution in [0.2, 0.25) is 0 Å². The molecule has 0 radical (unpaired) electrons. The molecule has 4 rings (SSSR count). The van der Waals surface area contributed by atoms with Crippen molar-refractivity contribution in [3.8, 4) is 5.75 Å². The van der Waals surface area contributed by atoms with Gasteiger partial charge in [-0.1, -0.05) is 12.1 Å². The summed E-state index contributed by atoms with van der Waals surface area (Å²) in [5.74, 6) is 0.734. The van der Waals surface area contributed by atoms with Crippen LogP contribution in [0.25, 0.3) is 21.8 Å². The van der Waals surface area contributed by atoms with Gasteiger partial charge in [-0.15, -0.1) is 0 Å². The van der Waals surface area contributed by atoms with Crippen molar-refractivity contribution in [3.05, 3.63) is 72.1 Å². The zero-order valence-electron chi connectivity index (χ0n) is 16.3. The quantitative estimate of drug-likeness (QED) is 0.518. The fraction of sp³-hybridized carbons (Fsp3) is 0.217. The van der Waals surface area contributed by atoms with E-state index in [1.165, 1.54) is 0 Å². The molecule has 0 unspecified atom stereocenters. The monoisotopic (exact) mass is 373 g/mol. The molecule has 0 N–H and O–H groups in total. The Balaban J connectivity index is 1.62. The molecule has 5 nitrogen and oxygen atoms in total. The topological polar surface area (TPSA) is 47.4 Å². The lowest BCUT2D eigenvalue weighted by Gasteiger charge is -2.19. The van der Waals surface area contributed by atoms with Crippen LogP contribution in [0.15, 0.2) is 60.9 Å². The van der Waals surface area contributed by atoms with Crippen LogP contribution in [0.3, 0.4) is 0 Å². The molecule has 1 amide bonds. The van der Waals surface area contributed by atoms with Gasteiger partial charge in [0.1, 0.15) is 11.3 Å². The van der Waals surface area contributed by atoms with E-state index in [1.807, 2.05) is 49.5 Å². The fourth-order valence-electron chi connectivity index (χ4n) is 3.66. The van der Waals surface area contributed by atoms with Crippen LogP contribution in [0.4, 0.5) is 0 Å². The number of amides is 1. The number of benzene rings is 2. The van der Waals surface area contributed by atoms with Crippen LogP contribution in [0.1, 0.15) is 22.8 Å². The molecule has 0 atom stereocenters. The lowest BCUT2D eigenvalue weighted by molar-refractivity contribution is 0.0786. The van der Waals surface area contributed by atoms with E-state index in [4.69, 9.17) is 4.74 Å². The highest BCUT2D eigenvalue weighted by Crippen LogP contribution is 2.27. The summed E-state index contributed by atoms with van der Waals surface area (Å²) in [6.45, 7) is 3.52. The van der Waals surface area contributed by atoms with Crippen molar-refractivity contribution in [1.82, 2.24) is 14.5 Å². The van der Waals surface area contributed by atoms with Crippen LogP contribution in [-0.4, -0.2) is 34.5 Å². The molecular weight excluding hydrogens is 350 g/mol. The molecule has 2 aromatic carbocycles. The zero-order valence-corrected chi connectivity index (χ0v) is 16.3. The Bertz CT molecular complexity index is 1160. The Hall–Kier alpha value is -3.34. The molecule has 0 saturated heterocycles. The minimum absolute atomic E-state index is 0.000920. The first-order valence-corrected chi connectivity index (χ1v) is 9.37. The number of carbonyl (C=O) groups is 1. The number of hydrogen-bond donors (Lipinski definition) is 0. The van der Waals surface area contributed by atoms with Gasteiger partial charge in [0.2, 0.25) is 0 Å². The van der Waals surface area contributed by atoms with Crippen molar-refractivity contribution in [2.75, 3.05) is 14.2 Å². The molecule has 0 spiro atoms. The molecular formula is C23H23N3O2. The molecule has 4 aromatic rings. The first-order chi connectivity index (χ1) is 13.6. The van der Waals surface area contributed by atoms with Crippen molar-refractivity contribution < 1.29 is 9.53 Å². The van der Waals surface area contributed by atoms with E-state index >= 15 is 0 Å². The maximum absolute atomic E-state index is 13.0. The number of carbonyl (C=O) groups excluding carboxylic acids is 1. The van der Waals surface area contributed by atoms with Crippen molar-refractivity contribution in [1.29, 1.82) is 0 Å². The standard InChI is InChI=1S/C23H23N3O2/c1-4-26-13-11-16-14-17(7-9-20(16)26)23(27)25(2)15-18-8-10-21(28-3)22-19(18)6-5-12-24-22/h5-14H,4,15H2,1-3H3. The van der Waals surface area contributed by atoms with Crippen LogP contribution in [-0.2, 0) is 13.1 Å². The van der Waals surface area contributed by atoms with E-state index in [1.54, 1.807) is 18.2 Å². The van der Waals surface area contributed by atoms with E-state index in [-0.39, 0.29) is 5.91 Å². The van der Waals surface area contributed by atoms with Gasteiger partial charge in [0.25, 0.3) is 5.91 Å². The van der Waals surface area contributed by atoms with Crippen molar-refractivity contribution in [2.45, 2.75) is 20.0 Å². The summed E-state index contributed by atoms with van der Waals surface area (Å²) in [6, 6.07) is 15.8. The van der Waals surface area contributed by atoms with Gasteiger partial charge in [-0.25, -0.2) is 0 Å². The average Bonchev–Trinajstić information content (AvgIpc) is 3.15. The molecule has 0 bridgehead atoms. The first kappa shape index (κ1) is 18.0. The minimum atomic E-state index is -0.000920. The molecule has 2 heterocycles. The summed E-state index contributed by atoms with van der Waals surface area (Å²) in [4.78, 5) is 19.2. The zero-order chi connectivity index (χ0) is 19.7. The molecule has 2 aromatic heterocycles. The Kier molecular flexibility index (Phi) is 4.74. The Morgan fingerprint density at radius 2 is 2.04 bits per heavy atom. The molecule has 28 heavy (non-hydrogen) atoms. The number of methoxy groups -OCH3 is 1. The number of aryl methyl sites for hydroxylation is 1. The second kappa shape index (κ2) is 7.35. The molecule has 0 aliphatic carbocycles. The maximum atomic E-state index is 13.0. The first-order valence-electron chi connectivity index (χ1n) is 9.37. The van der Waals surface area contributed by atoms with Crippen LogP contribution < -0.4 is 4.74 Å². The van der Waals surface area contributed by atoms with E-state index in [0.29, 0.717) is 12.1 Å². The lowest BCUT2D eigenvalue weighted by Crippen LogP contribution is -2.26. The second-order valence-corrected chi connectivity index (χ2v) is 6.86. The largest absolute Gasteiger partial charge is 0.494 e. The van der Waals surface area contributed by atoms with Crippen molar-refractivity contribution >= 4 is 27.7 Å². The van der Waals surface area contributed by atoms with Gasteiger partial charge < -0.3 is 14.2 Å². The van der Waals surface area contributed by atoms with Gasteiger partial charge in [-0.2, -0.15) is 0 Å². The second-order valence-electron chi connectivity index (χ2n) is 6.86. The molecule has 142 valence electrons. The third-order valence-corrected chi connectivity index (χ3v) is 5.16. The minimum Gasteiger partial charge on any atom is -0.494 e. The highest BCUT2D eigenvalue weighted by Gasteiger charge is 2.15. The predicted octanol–water partition coefficient (Wildman–Crippen LogP) is 4.49. The van der Waals surface area contributed by atoms with Crippen LogP contribution in [0.5, 0.6) is 5.75 Å². The number of fused-ring (bicyclic) bond motifs is 2. The number of rotatable bonds is 5. The van der Waals surface area contributed by atoms with E-state index in [0.717, 1.165) is 39.7 Å². The number of ether oxygens (including phenoxy) is 1. The van der Waals surface area contributed by atoms with Gasteiger partial charge in [-0.05, 0) is 48.9 Å². The summed E-state index contributed by atoms with van der Waals surface area (Å²) in [7, 11) is 3.47. The van der Waals surface area contributed by atoms with Gasteiger partial charge >= 0.3 is 0 Å². The van der Waals surface area contributed by atoms with Gasteiger partial charge in [0.05, 0.1) is 7.11 Å². The highest BCUT2D eigenvalue weighted by molar-refractivity contribution is 5.98. The molecule has 0 aliphatic heterocycles. The number of nitrogens with zero attached hydrogens (tertiary/aromatic N) is 3. The highest BCUT2D eigenvalue weighted by atomic mass is 16.5. The van der Waals surface area contributed by atoms with Gasteiger partial charge in [0, 0.05) is 54.4 Å². The van der Waals surface area contributed by atoms with Gasteiger partial charge in [-0.3, -0.25) is 9.78 Å². The predicted molar refractivity (Wildman–Crippen MR) is 112 cm³/mol.